The lowest BCUT2D eigenvalue weighted by atomic mass is 9.95. The van der Waals surface area contributed by atoms with Gasteiger partial charge >= 0.3 is 0 Å². The highest BCUT2D eigenvalue weighted by Crippen LogP contribution is 2.32. The normalized spacial score (nSPS) is 25.0. The van der Waals surface area contributed by atoms with Gasteiger partial charge in [-0.2, -0.15) is 0 Å². The van der Waals surface area contributed by atoms with E-state index in [1.807, 2.05) is 7.05 Å². The number of sulfone groups is 1. The number of rotatable bonds is 3. The third kappa shape index (κ3) is 2.56. The van der Waals surface area contributed by atoms with Crippen molar-refractivity contribution in [3.8, 4) is 0 Å². The van der Waals surface area contributed by atoms with E-state index in [-0.39, 0.29) is 16.2 Å². The van der Waals surface area contributed by atoms with Crippen molar-refractivity contribution < 1.29 is 8.42 Å². The molecular weight excluding hydrogens is 270 g/mol. The minimum atomic E-state index is -3.35. The Labute approximate surface area is 113 Å². The van der Waals surface area contributed by atoms with E-state index in [2.05, 4.69) is 5.32 Å². The first-order chi connectivity index (χ1) is 8.57. The topological polar surface area (TPSA) is 46.2 Å². The second-order valence-corrected chi connectivity index (χ2v) is 7.24. The molecule has 0 bridgehead atoms. The molecule has 3 nitrogen and oxygen atoms in total. The van der Waals surface area contributed by atoms with E-state index in [0.717, 1.165) is 19.3 Å². The minimum Gasteiger partial charge on any atom is -0.316 e. The van der Waals surface area contributed by atoms with E-state index in [1.165, 1.54) is 0 Å². The molecule has 0 heterocycles. The molecule has 1 aliphatic rings. The molecule has 1 aliphatic carbocycles. The van der Waals surface area contributed by atoms with Crippen LogP contribution in [0.2, 0.25) is 5.02 Å². The van der Waals surface area contributed by atoms with Crippen molar-refractivity contribution in [3.05, 3.63) is 29.3 Å². The highest BCUT2D eigenvalue weighted by molar-refractivity contribution is 7.92. The first-order valence-corrected chi connectivity index (χ1v) is 8.15. The zero-order chi connectivity index (χ0) is 13.2. The average molecular weight is 288 g/mol. The van der Waals surface area contributed by atoms with Crippen LogP contribution in [-0.4, -0.2) is 26.8 Å². The maximum Gasteiger partial charge on any atom is 0.184 e. The van der Waals surface area contributed by atoms with Crippen molar-refractivity contribution in [1.29, 1.82) is 0 Å². The highest BCUT2D eigenvalue weighted by atomic mass is 35.5. The van der Waals surface area contributed by atoms with Gasteiger partial charge < -0.3 is 5.32 Å². The summed E-state index contributed by atoms with van der Waals surface area (Å²) in [4.78, 5) is 0.263. The number of nitrogens with one attached hydrogen (secondary N) is 1. The van der Waals surface area contributed by atoms with Gasteiger partial charge in [-0.25, -0.2) is 8.42 Å². The van der Waals surface area contributed by atoms with E-state index in [1.54, 1.807) is 24.3 Å². The summed E-state index contributed by atoms with van der Waals surface area (Å²) in [5.74, 6) is 0. The Morgan fingerprint density at radius 3 is 2.56 bits per heavy atom. The molecule has 0 aliphatic heterocycles. The summed E-state index contributed by atoms with van der Waals surface area (Å²) in [5, 5.41) is 3.08. The first kappa shape index (κ1) is 13.8. The number of hydrogen-bond acceptors (Lipinski definition) is 3. The fourth-order valence-electron chi connectivity index (χ4n) is 2.64. The summed E-state index contributed by atoms with van der Waals surface area (Å²) in [6.45, 7) is 0. The molecule has 2 unspecified atom stereocenters. The molecule has 1 aromatic carbocycles. The van der Waals surface area contributed by atoms with Gasteiger partial charge in [0.2, 0.25) is 0 Å². The second-order valence-electron chi connectivity index (χ2n) is 4.69. The van der Waals surface area contributed by atoms with Crippen molar-refractivity contribution in [2.24, 2.45) is 0 Å². The maximum absolute atomic E-state index is 12.7. The third-order valence-corrected chi connectivity index (χ3v) is 6.39. The van der Waals surface area contributed by atoms with Crippen molar-refractivity contribution in [2.45, 2.75) is 41.9 Å². The minimum absolute atomic E-state index is 0.0278. The molecule has 18 heavy (non-hydrogen) atoms. The monoisotopic (exact) mass is 287 g/mol. The fourth-order valence-corrected chi connectivity index (χ4v) is 5.21. The zero-order valence-electron chi connectivity index (χ0n) is 10.4. The lowest BCUT2D eigenvalue weighted by Gasteiger charge is -2.31. The second kappa shape index (κ2) is 5.59. The van der Waals surface area contributed by atoms with Crippen LogP contribution >= 0.6 is 11.6 Å². The molecule has 100 valence electrons. The Balaban J connectivity index is 2.39. The molecule has 0 radical (unpaired) electrons. The molecular formula is C13H18ClNO2S. The Morgan fingerprint density at radius 1 is 1.22 bits per heavy atom. The summed E-state index contributed by atoms with van der Waals surface area (Å²) in [6, 6.07) is 6.72. The van der Waals surface area contributed by atoms with Crippen molar-refractivity contribution >= 4 is 21.4 Å². The molecule has 2 rings (SSSR count). The fraction of sp³-hybridized carbons (Fsp3) is 0.538. The first-order valence-electron chi connectivity index (χ1n) is 6.23. The van der Waals surface area contributed by atoms with E-state index in [9.17, 15) is 8.42 Å². The van der Waals surface area contributed by atoms with Crippen LogP contribution in [0.15, 0.2) is 29.2 Å². The molecule has 2 atom stereocenters. The summed E-state index contributed by atoms with van der Waals surface area (Å²) in [5.41, 5.74) is 0. The predicted molar refractivity (Wildman–Crippen MR) is 73.7 cm³/mol. The van der Waals surface area contributed by atoms with Crippen LogP contribution < -0.4 is 5.32 Å². The molecule has 0 amide bonds. The lowest BCUT2D eigenvalue weighted by Crippen LogP contribution is -2.44. The molecule has 0 spiro atoms. The van der Waals surface area contributed by atoms with Crippen LogP contribution in [0.4, 0.5) is 0 Å². The maximum atomic E-state index is 12.7. The number of hydrogen-bond donors (Lipinski definition) is 1. The molecule has 1 N–H and O–H groups in total. The van der Waals surface area contributed by atoms with Crippen LogP contribution in [0.5, 0.6) is 0 Å². The van der Waals surface area contributed by atoms with Gasteiger partial charge in [-0.1, -0.05) is 36.6 Å². The van der Waals surface area contributed by atoms with Gasteiger partial charge in [-0.05, 0) is 32.0 Å². The van der Waals surface area contributed by atoms with Crippen molar-refractivity contribution in [3.63, 3.8) is 0 Å². The molecule has 0 aromatic heterocycles. The van der Waals surface area contributed by atoms with Gasteiger partial charge in [-0.3, -0.25) is 0 Å². The molecule has 1 aromatic rings. The van der Waals surface area contributed by atoms with Crippen molar-refractivity contribution in [2.75, 3.05) is 7.05 Å². The van der Waals surface area contributed by atoms with Gasteiger partial charge in [0.1, 0.15) is 0 Å². The van der Waals surface area contributed by atoms with E-state index < -0.39 is 9.84 Å². The Hall–Kier alpha value is -0.580. The largest absolute Gasteiger partial charge is 0.316 e. The number of halogens is 1. The summed E-state index contributed by atoms with van der Waals surface area (Å²) >= 11 is 6.02. The van der Waals surface area contributed by atoms with E-state index in [0.29, 0.717) is 11.4 Å². The molecule has 1 fully saturated rings. The SMILES string of the molecule is CNC1CCCCC1S(=O)(=O)c1ccccc1Cl. The van der Waals surface area contributed by atoms with E-state index >= 15 is 0 Å². The Bertz CT molecular complexity index is 515. The zero-order valence-corrected chi connectivity index (χ0v) is 12.0. The Kier molecular flexibility index (Phi) is 4.30. The predicted octanol–water partition coefficient (Wildman–Crippen LogP) is 2.64. The van der Waals surface area contributed by atoms with Crippen molar-refractivity contribution in [1.82, 2.24) is 5.32 Å². The van der Waals surface area contributed by atoms with Crippen LogP contribution in [0.25, 0.3) is 0 Å². The Morgan fingerprint density at radius 2 is 1.89 bits per heavy atom. The van der Waals surface area contributed by atoms with Crippen LogP contribution in [0, 0.1) is 0 Å². The van der Waals surface area contributed by atoms with Gasteiger partial charge in [0.25, 0.3) is 0 Å². The summed E-state index contributed by atoms with van der Waals surface area (Å²) in [6.07, 6.45) is 3.66. The van der Waals surface area contributed by atoms with Gasteiger partial charge in [0.15, 0.2) is 9.84 Å². The summed E-state index contributed by atoms with van der Waals surface area (Å²) < 4.78 is 25.3. The standard InChI is InChI=1S/C13H18ClNO2S/c1-15-11-7-3-5-9-13(11)18(16,17)12-8-4-2-6-10(12)14/h2,4,6,8,11,13,15H,3,5,7,9H2,1H3. The van der Waals surface area contributed by atoms with Crippen LogP contribution in [-0.2, 0) is 9.84 Å². The van der Waals surface area contributed by atoms with Gasteiger partial charge in [-0.15, -0.1) is 0 Å². The lowest BCUT2D eigenvalue weighted by molar-refractivity contribution is 0.390. The van der Waals surface area contributed by atoms with Gasteiger partial charge in [0, 0.05) is 6.04 Å². The molecule has 0 saturated heterocycles. The average Bonchev–Trinajstić information content (AvgIpc) is 2.39. The molecule has 1 saturated carbocycles. The van der Waals surface area contributed by atoms with Crippen LogP contribution in [0.1, 0.15) is 25.7 Å². The number of benzene rings is 1. The van der Waals surface area contributed by atoms with E-state index in [4.69, 9.17) is 11.6 Å². The highest BCUT2D eigenvalue weighted by Gasteiger charge is 2.36. The summed E-state index contributed by atoms with van der Waals surface area (Å²) in [7, 11) is -1.52. The molecule has 5 heteroatoms. The quantitative estimate of drug-likeness (QED) is 0.930. The smallest absolute Gasteiger partial charge is 0.184 e. The van der Waals surface area contributed by atoms with Gasteiger partial charge in [0.05, 0.1) is 15.2 Å². The third-order valence-electron chi connectivity index (χ3n) is 3.62. The van der Waals surface area contributed by atoms with Crippen LogP contribution in [0.3, 0.4) is 0 Å².